The van der Waals surface area contributed by atoms with E-state index in [2.05, 4.69) is 9.97 Å². The number of halogens is 1. The summed E-state index contributed by atoms with van der Waals surface area (Å²) < 4.78 is 10.6. The first-order chi connectivity index (χ1) is 8.36. The van der Waals surface area contributed by atoms with Crippen molar-refractivity contribution in [3.8, 4) is 5.88 Å². The average Bonchev–Trinajstić information content (AvgIpc) is 2.28. The Hall–Kier alpha value is -0.870. The van der Waals surface area contributed by atoms with Crippen molar-refractivity contribution in [2.24, 2.45) is 0 Å². The molecule has 0 fully saturated rings. The van der Waals surface area contributed by atoms with Crippen molar-refractivity contribution in [3.63, 3.8) is 0 Å². The third-order valence-corrected chi connectivity index (χ3v) is 2.81. The molecule has 1 aromatic rings. The highest BCUT2D eigenvalue weighted by Gasteiger charge is 2.21. The van der Waals surface area contributed by atoms with Crippen LogP contribution in [0.15, 0.2) is 0 Å². The maximum Gasteiger partial charge on any atom is 0.221 e. The molecule has 5 heteroatoms. The molecule has 0 bridgehead atoms. The lowest BCUT2D eigenvalue weighted by Gasteiger charge is -2.19. The molecule has 1 rings (SSSR count). The molecule has 0 aromatic carbocycles. The van der Waals surface area contributed by atoms with Crippen molar-refractivity contribution in [1.29, 1.82) is 0 Å². The van der Waals surface area contributed by atoms with Crippen molar-refractivity contribution < 1.29 is 9.47 Å². The van der Waals surface area contributed by atoms with E-state index < -0.39 is 0 Å². The third kappa shape index (κ3) is 4.10. The predicted octanol–water partition coefficient (Wildman–Crippen LogP) is 3.15. The van der Waals surface area contributed by atoms with Crippen LogP contribution in [0.2, 0.25) is 5.15 Å². The zero-order valence-electron chi connectivity index (χ0n) is 11.7. The Morgan fingerprint density at radius 2 is 1.83 bits per heavy atom. The highest BCUT2D eigenvalue weighted by molar-refractivity contribution is 6.30. The fourth-order valence-corrected chi connectivity index (χ4v) is 1.48. The van der Waals surface area contributed by atoms with Gasteiger partial charge in [0, 0.05) is 31.1 Å². The van der Waals surface area contributed by atoms with Gasteiger partial charge >= 0.3 is 0 Å². The Balaban J connectivity index is 2.86. The van der Waals surface area contributed by atoms with E-state index in [1.165, 1.54) is 0 Å². The zero-order chi connectivity index (χ0) is 13.8. The van der Waals surface area contributed by atoms with Gasteiger partial charge in [0.25, 0.3) is 0 Å². The van der Waals surface area contributed by atoms with Gasteiger partial charge in [-0.3, -0.25) is 0 Å². The summed E-state index contributed by atoms with van der Waals surface area (Å²) in [5.74, 6) is 1.26. The first-order valence-electron chi connectivity index (χ1n) is 6.02. The van der Waals surface area contributed by atoms with Gasteiger partial charge in [-0.1, -0.05) is 32.4 Å². The molecule has 0 N–H and O–H groups in total. The summed E-state index contributed by atoms with van der Waals surface area (Å²) in [5.41, 5.74) is 0.629. The number of nitrogens with zero attached hydrogens (tertiary/aromatic N) is 2. The maximum atomic E-state index is 6.11. The van der Waals surface area contributed by atoms with Gasteiger partial charge in [0.1, 0.15) is 11.0 Å². The minimum absolute atomic E-state index is 0.151. The summed E-state index contributed by atoms with van der Waals surface area (Å²) >= 11 is 6.11. The Kier molecular flexibility index (Phi) is 5.35. The number of ether oxygens (including phenoxy) is 2. The van der Waals surface area contributed by atoms with Crippen LogP contribution in [0.1, 0.15) is 38.6 Å². The second-order valence-electron chi connectivity index (χ2n) is 5.21. The van der Waals surface area contributed by atoms with Gasteiger partial charge in [0.2, 0.25) is 5.88 Å². The van der Waals surface area contributed by atoms with Crippen LogP contribution >= 0.6 is 11.6 Å². The Morgan fingerprint density at radius 3 is 2.39 bits per heavy atom. The summed E-state index contributed by atoms with van der Waals surface area (Å²) in [7, 11) is 1.67. The van der Waals surface area contributed by atoms with E-state index in [1.807, 2.05) is 27.7 Å². The second kappa shape index (κ2) is 6.34. The van der Waals surface area contributed by atoms with Crippen LogP contribution in [0.25, 0.3) is 0 Å². The minimum atomic E-state index is -0.151. The normalized spacial score (nSPS) is 11.7. The summed E-state index contributed by atoms with van der Waals surface area (Å²) in [5, 5.41) is 0.455. The molecule has 0 saturated heterocycles. The van der Waals surface area contributed by atoms with Crippen molar-refractivity contribution >= 4 is 11.6 Å². The molecular formula is C13H21ClN2O2. The van der Waals surface area contributed by atoms with Crippen LogP contribution in [0, 0.1) is 6.92 Å². The number of rotatable bonds is 5. The summed E-state index contributed by atoms with van der Waals surface area (Å²) in [6.45, 7) is 9.23. The van der Waals surface area contributed by atoms with Crippen LogP contribution in [-0.2, 0) is 10.2 Å². The molecule has 0 aliphatic carbocycles. The van der Waals surface area contributed by atoms with Crippen LogP contribution < -0.4 is 4.74 Å². The monoisotopic (exact) mass is 272 g/mol. The van der Waals surface area contributed by atoms with E-state index in [0.29, 0.717) is 30.1 Å². The van der Waals surface area contributed by atoms with E-state index >= 15 is 0 Å². The zero-order valence-corrected chi connectivity index (χ0v) is 12.5. The summed E-state index contributed by atoms with van der Waals surface area (Å²) in [6, 6.07) is 0. The molecule has 0 unspecified atom stereocenters. The topological polar surface area (TPSA) is 44.2 Å². The highest BCUT2D eigenvalue weighted by Crippen LogP contribution is 2.27. The van der Waals surface area contributed by atoms with Crippen molar-refractivity contribution in [1.82, 2.24) is 9.97 Å². The summed E-state index contributed by atoms with van der Waals surface area (Å²) in [4.78, 5) is 8.74. The van der Waals surface area contributed by atoms with Crippen LogP contribution in [0.3, 0.4) is 0 Å². The second-order valence-corrected chi connectivity index (χ2v) is 5.57. The Bertz CT molecular complexity index is 403. The standard InChI is InChI=1S/C13H21ClN2O2/c1-9-10(14)15-12(13(2,3)4)16-11(9)18-8-6-7-17-5/h6-8H2,1-5H3. The van der Waals surface area contributed by atoms with Gasteiger partial charge in [-0.05, 0) is 6.92 Å². The smallest absolute Gasteiger partial charge is 0.221 e. The van der Waals surface area contributed by atoms with Crippen molar-refractivity contribution in [3.05, 3.63) is 16.5 Å². The molecule has 18 heavy (non-hydrogen) atoms. The number of methoxy groups -OCH3 is 1. The molecule has 0 atom stereocenters. The van der Waals surface area contributed by atoms with E-state index in [1.54, 1.807) is 7.11 Å². The molecule has 1 heterocycles. The van der Waals surface area contributed by atoms with Crippen LogP contribution in [-0.4, -0.2) is 30.3 Å². The molecular weight excluding hydrogens is 252 g/mol. The molecule has 0 radical (unpaired) electrons. The highest BCUT2D eigenvalue weighted by atomic mass is 35.5. The molecule has 1 aromatic heterocycles. The van der Waals surface area contributed by atoms with Crippen molar-refractivity contribution in [2.75, 3.05) is 20.3 Å². The van der Waals surface area contributed by atoms with E-state index in [0.717, 1.165) is 12.0 Å². The first kappa shape index (κ1) is 15.2. The lowest BCUT2D eigenvalue weighted by molar-refractivity contribution is 0.170. The fourth-order valence-electron chi connectivity index (χ4n) is 1.32. The summed E-state index contributed by atoms with van der Waals surface area (Å²) in [6.07, 6.45) is 0.822. The first-order valence-corrected chi connectivity index (χ1v) is 6.40. The van der Waals surface area contributed by atoms with Crippen LogP contribution in [0.4, 0.5) is 0 Å². The third-order valence-electron chi connectivity index (χ3n) is 2.44. The number of aromatic nitrogens is 2. The maximum absolute atomic E-state index is 6.11. The molecule has 4 nitrogen and oxygen atoms in total. The van der Waals surface area contributed by atoms with Gasteiger partial charge in [-0.15, -0.1) is 0 Å². The van der Waals surface area contributed by atoms with Gasteiger partial charge < -0.3 is 9.47 Å². The molecule has 0 aliphatic heterocycles. The fraction of sp³-hybridized carbons (Fsp3) is 0.692. The van der Waals surface area contributed by atoms with E-state index in [9.17, 15) is 0 Å². The average molecular weight is 273 g/mol. The van der Waals surface area contributed by atoms with E-state index in [-0.39, 0.29) is 5.41 Å². The van der Waals surface area contributed by atoms with Gasteiger partial charge in [-0.25, -0.2) is 4.98 Å². The Morgan fingerprint density at radius 1 is 1.17 bits per heavy atom. The molecule has 0 aliphatic rings. The van der Waals surface area contributed by atoms with Gasteiger partial charge in [0.05, 0.1) is 6.61 Å². The van der Waals surface area contributed by atoms with E-state index in [4.69, 9.17) is 21.1 Å². The predicted molar refractivity (Wildman–Crippen MR) is 72.5 cm³/mol. The SMILES string of the molecule is COCCCOc1nc(C(C)(C)C)nc(Cl)c1C. The number of hydrogen-bond donors (Lipinski definition) is 0. The minimum Gasteiger partial charge on any atom is -0.477 e. The lowest BCUT2D eigenvalue weighted by atomic mass is 9.96. The van der Waals surface area contributed by atoms with Crippen molar-refractivity contribution in [2.45, 2.75) is 39.5 Å². The van der Waals surface area contributed by atoms with Crippen LogP contribution in [0.5, 0.6) is 5.88 Å². The van der Waals surface area contributed by atoms with Gasteiger partial charge in [0.15, 0.2) is 0 Å². The Labute approximate surface area is 114 Å². The number of hydrogen-bond acceptors (Lipinski definition) is 4. The largest absolute Gasteiger partial charge is 0.477 e. The lowest BCUT2D eigenvalue weighted by Crippen LogP contribution is -2.17. The molecule has 0 amide bonds. The molecule has 0 spiro atoms. The molecule has 102 valence electrons. The molecule has 0 saturated carbocycles. The quantitative estimate of drug-likeness (QED) is 0.610. The van der Waals surface area contributed by atoms with Gasteiger partial charge in [-0.2, -0.15) is 4.98 Å².